The first kappa shape index (κ1) is 26.2. The third kappa shape index (κ3) is 6.46. The quantitative estimate of drug-likeness (QED) is 0.348. The van der Waals surface area contributed by atoms with Gasteiger partial charge in [0.15, 0.2) is 0 Å². The highest BCUT2D eigenvalue weighted by Crippen LogP contribution is 2.36. The lowest BCUT2D eigenvalue weighted by molar-refractivity contribution is -0.169. The Bertz CT molecular complexity index is 877. The van der Waals surface area contributed by atoms with E-state index in [0.717, 1.165) is 6.42 Å². The van der Waals surface area contributed by atoms with Gasteiger partial charge in [-0.3, -0.25) is 9.79 Å². The highest BCUT2D eigenvalue weighted by Gasteiger charge is 2.45. The van der Waals surface area contributed by atoms with E-state index in [9.17, 15) is 9.59 Å². The van der Waals surface area contributed by atoms with E-state index in [1.807, 2.05) is 27.7 Å². The third-order valence-electron chi connectivity index (χ3n) is 4.91. The number of aliphatic imine (C=N–C) groups is 1. The van der Waals surface area contributed by atoms with Gasteiger partial charge in [0.1, 0.15) is 28.7 Å². The molecule has 2 unspecified atom stereocenters. The summed E-state index contributed by atoms with van der Waals surface area (Å²) in [6.45, 7) is 14.2. The Kier molecular flexibility index (Phi) is 9.54. The van der Waals surface area contributed by atoms with Gasteiger partial charge in [0.05, 0.1) is 12.1 Å². The van der Waals surface area contributed by atoms with Crippen molar-refractivity contribution in [2.45, 2.75) is 64.8 Å². The van der Waals surface area contributed by atoms with Gasteiger partial charge in [0.2, 0.25) is 11.7 Å². The third-order valence-corrected chi connectivity index (χ3v) is 6.35. The molecule has 1 aliphatic heterocycles. The molecule has 1 aromatic rings. The maximum absolute atomic E-state index is 13.3. The summed E-state index contributed by atoms with van der Waals surface area (Å²) < 4.78 is 22.5. The highest BCUT2D eigenvalue weighted by molar-refractivity contribution is 8.14. The summed E-state index contributed by atoms with van der Waals surface area (Å²) in [4.78, 5) is 30.0. The lowest BCUT2D eigenvalue weighted by Gasteiger charge is -2.28. The maximum atomic E-state index is 13.3. The Morgan fingerprint density at radius 1 is 1.38 bits per heavy atom. The average Bonchev–Trinajstić information content (AvgIpc) is 3.16. The van der Waals surface area contributed by atoms with Gasteiger partial charge in [-0.25, -0.2) is 4.79 Å². The van der Waals surface area contributed by atoms with Gasteiger partial charge in [-0.15, -0.1) is 11.8 Å². The fourth-order valence-electron chi connectivity index (χ4n) is 3.33. The predicted molar refractivity (Wildman–Crippen MR) is 126 cm³/mol. The van der Waals surface area contributed by atoms with Crippen molar-refractivity contribution in [1.82, 2.24) is 5.32 Å². The second-order valence-electron chi connectivity index (χ2n) is 7.72. The van der Waals surface area contributed by atoms with Crippen LogP contribution in [0.2, 0.25) is 0 Å². The zero-order valence-electron chi connectivity index (χ0n) is 19.6. The average molecular weight is 467 g/mol. The van der Waals surface area contributed by atoms with Crippen LogP contribution in [0.5, 0.6) is 5.75 Å². The van der Waals surface area contributed by atoms with Crippen LogP contribution in [-0.2, 0) is 14.3 Å². The van der Waals surface area contributed by atoms with E-state index in [-0.39, 0.29) is 12.5 Å². The Morgan fingerprint density at radius 2 is 2.06 bits per heavy atom. The van der Waals surface area contributed by atoms with Crippen molar-refractivity contribution in [3.05, 3.63) is 41.0 Å². The van der Waals surface area contributed by atoms with Crippen LogP contribution >= 0.6 is 11.8 Å². The van der Waals surface area contributed by atoms with Crippen LogP contribution in [0.4, 0.5) is 0 Å². The van der Waals surface area contributed by atoms with Crippen molar-refractivity contribution < 1.29 is 23.4 Å². The first-order valence-electron chi connectivity index (χ1n) is 10.9. The Hall–Kier alpha value is -2.10. The molecular formula is C23H34N2O6S. The summed E-state index contributed by atoms with van der Waals surface area (Å²) in [5.74, 6) is -0.0698. The van der Waals surface area contributed by atoms with E-state index in [1.54, 1.807) is 19.1 Å². The first-order valence-corrected chi connectivity index (χ1v) is 11.9. The van der Waals surface area contributed by atoms with Gasteiger partial charge < -0.3 is 23.9 Å². The number of hydrogen-bond donors (Lipinski definition) is 1. The maximum Gasteiger partial charge on any atom is 0.339 e. The molecule has 2 rings (SSSR count). The van der Waals surface area contributed by atoms with E-state index in [1.165, 1.54) is 17.8 Å². The summed E-state index contributed by atoms with van der Waals surface area (Å²) in [7, 11) is 0. The predicted octanol–water partition coefficient (Wildman–Crippen LogP) is 3.86. The Morgan fingerprint density at radius 3 is 2.66 bits per heavy atom. The van der Waals surface area contributed by atoms with Gasteiger partial charge in [-0.05, 0) is 34.1 Å². The smallest absolute Gasteiger partial charge is 0.339 e. The molecule has 2 atom stereocenters. The molecule has 0 aliphatic carbocycles. The lowest BCUT2D eigenvalue weighted by Crippen LogP contribution is -2.45. The molecule has 0 saturated heterocycles. The van der Waals surface area contributed by atoms with Crippen molar-refractivity contribution in [2.24, 2.45) is 4.99 Å². The summed E-state index contributed by atoms with van der Waals surface area (Å²) in [5.41, 5.74) is -1.54. The van der Waals surface area contributed by atoms with Gasteiger partial charge in [0, 0.05) is 25.0 Å². The molecule has 9 heteroatoms. The second-order valence-corrected chi connectivity index (χ2v) is 8.68. The van der Waals surface area contributed by atoms with Crippen molar-refractivity contribution >= 4 is 22.7 Å². The fourth-order valence-corrected chi connectivity index (χ4v) is 4.59. The van der Waals surface area contributed by atoms with E-state index >= 15 is 0 Å². The minimum atomic E-state index is -1.00. The molecule has 0 spiro atoms. The number of amides is 1. The summed E-state index contributed by atoms with van der Waals surface area (Å²) in [6.07, 6.45) is 2.96. The van der Waals surface area contributed by atoms with E-state index in [4.69, 9.17) is 23.6 Å². The molecular weight excluding hydrogens is 432 g/mol. The highest BCUT2D eigenvalue weighted by atomic mass is 32.2. The van der Waals surface area contributed by atoms with Crippen LogP contribution in [0.3, 0.4) is 0 Å². The van der Waals surface area contributed by atoms with Crippen LogP contribution < -0.4 is 15.7 Å². The molecule has 0 radical (unpaired) electrons. The monoisotopic (exact) mass is 466 g/mol. The Balaban J connectivity index is 2.26. The number of rotatable bonds is 13. The van der Waals surface area contributed by atoms with Crippen LogP contribution in [-0.4, -0.2) is 47.9 Å². The van der Waals surface area contributed by atoms with Crippen LogP contribution in [0.25, 0.3) is 0 Å². The molecule has 1 N–H and O–H groups in total. The number of hydrogen-bond acceptors (Lipinski definition) is 8. The molecule has 0 aromatic carbocycles. The SMILES string of the molecule is C=CCOc1cc(C(CCC)NC(=O)C2(C)CSC(C(C)(OCC)OCC)=N2)oc(=O)c1. The minimum Gasteiger partial charge on any atom is -0.489 e. The molecule has 178 valence electrons. The summed E-state index contributed by atoms with van der Waals surface area (Å²) >= 11 is 1.45. The molecule has 1 amide bonds. The number of thioether (sulfide) groups is 1. The molecule has 1 aliphatic rings. The van der Waals surface area contributed by atoms with Gasteiger partial charge in [-0.1, -0.05) is 26.0 Å². The van der Waals surface area contributed by atoms with Gasteiger partial charge in [-0.2, -0.15) is 0 Å². The topological polar surface area (TPSA) is 99.4 Å². The molecule has 8 nitrogen and oxygen atoms in total. The molecule has 0 bridgehead atoms. The molecule has 0 saturated carbocycles. The summed E-state index contributed by atoms with van der Waals surface area (Å²) in [6, 6.07) is 2.41. The molecule has 2 heterocycles. The number of carbonyl (C=O) groups is 1. The van der Waals surface area contributed by atoms with Crippen LogP contribution in [0, 0.1) is 0 Å². The van der Waals surface area contributed by atoms with Crippen LogP contribution in [0.15, 0.2) is 39.0 Å². The van der Waals surface area contributed by atoms with Crippen molar-refractivity contribution in [1.29, 1.82) is 0 Å². The minimum absolute atomic E-state index is 0.256. The standard InChI is InChI=1S/C23H34N2O6S/c1-7-11-17(18-13-16(28-12-8-2)14-19(26)31-18)24-20(27)22(5)15-32-21(25-22)23(6,29-9-3)30-10-4/h8,13-14,17H,2,7,9-12,15H2,1,3-6H3,(H,24,27). The fraction of sp³-hybridized carbons (Fsp3) is 0.609. The van der Waals surface area contributed by atoms with E-state index in [2.05, 4.69) is 11.9 Å². The number of ether oxygens (including phenoxy) is 3. The normalized spacial score (nSPS) is 19.3. The number of carbonyl (C=O) groups excluding carboxylic acids is 1. The zero-order valence-corrected chi connectivity index (χ0v) is 20.4. The van der Waals surface area contributed by atoms with Gasteiger partial charge in [0.25, 0.3) is 0 Å². The van der Waals surface area contributed by atoms with Crippen molar-refractivity contribution in [2.75, 3.05) is 25.6 Å². The molecule has 32 heavy (non-hydrogen) atoms. The zero-order chi connectivity index (χ0) is 23.8. The first-order chi connectivity index (χ1) is 15.2. The Labute approximate surface area is 193 Å². The van der Waals surface area contributed by atoms with Crippen molar-refractivity contribution in [3.63, 3.8) is 0 Å². The molecule has 0 fully saturated rings. The second kappa shape index (κ2) is 11.7. The van der Waals surface area contributed by atoms with Crippen LogP contribution in [0.1, 0.15) is 59.3 Å². The van der Waals surface area contributed by atoms with Gasteiger partial charge >= 0.3 is 5.63 Å². The largest absolute Gasteiger partial charge is 0.489 e. The van der Waals surface area contributed by atoms with E-state index in [0.29, 0.717) is 41.9 Å². The molecule has 1 aromatic heterocycles. The summed E-state index contributed by atoms with van der Waals surface area (Å²) in [5, 5.41) is 3.65. The van der Waals surface area contributed by atoms with Crippen molar-refractivity contribution in [3.8, 4) is 5.75 Å². The lowest BCUT2D eigenvalue weighted by atomic mass is 10.0. The number of nitrogens with one attached hydrogen (secondary N) is 1. The van der Waals surface area contributed by atoms with E-state index < -0.39 is 23.0 Å². The number of nitrogens with zero attached hydrogens (tertiary/aromatic N) is 1.